The van der Waals surface area contributed by atoms with E-state index >= 15 is 0 Å². The molecule has 0 aromatic heterocycles. The second kappa shape index (κ2) is 6.33. The molecule has 0 aliphatic carbocycles. The highest BCUT2D eigenvalue weighted by molar-refractivity contribution is 7.89. The molecule has 1 atom stereocenters. The Morgan fingerprint density at radius 3 is 2.65 bits per heavy atom. The van der Waals surface area contributed by atoms with Gasteiger partial charge >= 0.3 is 0 Å². The minimum atomic E-state index is -3.78. The van der Waals surface area contributed by atoms with Crippen molar-refractivity contribution in [1.29, 1.82) is 0 Å². The van der Waals surface area contributed by atoms with Gasteiger partial charge in [0.25, 0.3) is 5.69 Å². The number of sulfonamides is 1. The summed E-state index contributed by atoms with van der Waals surface area (Å²) in [6.45, 7) is -0.412. The van der Waals surface area contributed by atoms with Gasteiger partial charge in [0.15, 0.2) is 0 Å². The van der Waals surface area contributed by atoms with Crippen molar-refractivity contribution in [3.8, 4) is 12.3 Å². The van der Waals surface area contributed by atoms with Crippen molar-refractivity contribution in [2.45, 2.75) is 10.9 Å². The van der Waals surface area contributed by atoms with Crippen LogP contribution in [0.4, 0.5) is 11.4 Å². The number of aliphatic hydroxyl groups is 1. The average Bonchev–Trinajstić information content (AvgIpc) is 2.44. The summed E-state index contributed by atoms with van der Waals surface area (Å²) in [7, 11) is -2.58. The van der Waals surface area contributed by atoms with Gasteiger partial charge in [-0.2, -0.15) is 0 Å². The van der Waals surface area contributed by atoms with Crippen LogP contribution in [-0.2, 0) is 10.0 Å². The number of rotatable bonds is 6. The van der Waals surface area contributed by atoms with E-state index < -0.39 is 33.3 Å². The Bertz CT molecular complexity index is 651. The fourth-order valence-corrected chi connectivity index (χ4v) is 2.15. The maximum Gasteiger partial charge on any atom is 0.293 e. The maximum absolute atomic E-state index is 11.6. The minimum Gasteiger partial charge on any atom is -0.393 e. The summed E-state index contributed by atoms with van der Waals surface area (Å²) in [6.07, 6.45) is 5.13. The summed E-state index contributed by atoms with van der Waals surface area (Å²) in [6, 6.07) is 2.54. The molecule has 0 unspecified atom stereocenters. The van der Waals surface area contributed by atoms with Gasteiger partial charge in [0, 0.05) is 6.07 Å². The van der Waals surface area contributed by atoms with Crippen LogP contribution in [0.2, 0.25) is 0 Å². The van der Waals surface area contributed by atoms with Crippen molar-refractivity contribution in [1.82, 2.24) is 4.72 Å². The lowest BCUT2D eigenvalue weighted by atomic mass is 10.2. The number of nitrogens with one attached hydrogen (secondary N) is 2. The Balaban J connectivity index is 3.29. The van der Waals surface area contributed by atoms with E-state index in [1.165, 1.54) is 19.2 Å². The largest absolute Gasteiger partial charge is 0.393 e. The van der Waals surface area contributed by atoms with Crippen LogP contribution in [0.25, 0.3) is 0 Å². The number of terminal acetylenes is 1. The average molecular weight is 299 g/mol. The third kappa shape index (κ3) is 3.45. The number of aliphatic hydroxyl groups excluding tert-OH is 1. The first-order valence-corrected chi connectivity index (χ1v) is 6.89. The standard InChI is InChI=1S/C11H13N3O5S/c1-3-8(7-15)13-10-5-4-9(20(18,19)12-2)6-11(10)14(16)17/h1,4-6,8,12-13,15H,7H2,2H3/t8-/m1/s1. The Morgan fingerprint density at radius 1 is 1.55 bits per heavy atom. The molecule has 1 aromatic carbocycles. The third-order valence-electron chi connectivity index (χ3n) is 2.46. The number of anilines is 1. The van der Waals surface area contributed by atoms with E-state index in [9.17, 15) is 18.5 Å². The zero-order valence-electron chi connectivity index (χ0n) is 10.5. The van der Waals surface area contributed by atoms with Crippen molar-refractivity contribution in [2.24, 2.45) is 0 Å². The summed E-state index contributed by atoms with van der Waals surface area (Å²) in [5, 5.41) is 22.5. The van der Waals surface area contributed by atoms with Crippen molar-refractivity contribution >= 4 is 21.4 Å². The summed E-state index contributed by atoms with van der Waals surface area (Å²) in [4.78, 5) is 10.0. The lowest BCUT2D eigenvalue weighted by Gasteiger charge is -2.12. The molecular weight excluding hydrogens is 286 g/mol. The van der Waals surface area contributed by atoms with Crippen LogP contribution in [0.3, 0.4) is 0 Å². The Hall–Kier alpha value is -2.15. The van der Waals surface area contributed by atoms with E-state index in [4.69, 9.17) is 11.5 Å². The summed E-state index contributed by atoms with van der Waals surface area (Å²) >= 11 is 0. The van der Waals surface area contributed by atoms with E-state index in [1.54, 1.807) is 0 Å². The van der Waals surface area contributed by atoms with Gasteiger partial charge in [-0.05, 0) is 19.2 Å². The Kier molecular flexibility index (Phi) is 5.04. The number of hydrogen-bond donors (Lipinski definition) is 3. The predicted octanol–water partition coefficient (Wildman–Crippen LogP) is -0.0911. The highest BCUT2D eigenvalue weighted by atomic mass is 32.2. The minimum absolute atomic E-state index is 0.0297. The lowest BCUT2D eigenvalue weighted by molar-refractivity contribution is -0.384. The van der Waals surface area contributed by atoms with Crippen LogP contribution >= 0.6 is 0 Å². The molecule has 0 radical (unpaired) electrons. The molecule has 108 valence electrons. The second-order valence-corrected chi connectivity index (χ2v) is 5.58. The molecule has 0 saturated carbocycles. The molecule has 0 aliphatic heterocycles. The quantitative estimate of drug-likeness (QED) is 0.383. The van der Waals surface area contributed by atoms with Gasteiger partial charge in [-0.15, -0.1) is 6.42 Å². The molecule has 9 heteroatoms. The zero-order chi connectivity index (χ0) is 15.3. The molecule has 20 heavy (non-hydrogen) atoms. The van der Waals surface area contributed by atoms with Gasteiger partial charge < -0.3 is 10.4 Å². The van der Waals surface area contributed by atoms with Crippen molar-refractivity contribution in [3.63, 3.8) is 0 Å². The van der Waals surface area contributed by atoms with Crippen molar-refractivity contribution < 1.29 is 18.4 Å². The van der Waals surface area contributed by atoms with Crippen molar-refractivity contribution in [2.75, 3.05) is 19.0 Å². The molecule has 0 heterocycles. The molecule has 0 fully saturated rings. The van der Waals surface area contributed by atoms with E-state index in [0.717, 1.165) is 6.07 Å². The van der Waals surface area contributed by atoms with E-state index in [1.807, 2.05) is 0 Å². The number of nitrogens with zero attached hydrogens (tertiary/aromatic N) is 1. The Labute approximate surface area is 116 Å². The monoisotopic (exact) mass is 299 g/mol. The molecule has 0 aliphatic rings. The third-order valence-corrected chi connectivity index (χ3v) is 3.87. The number of nitro benzene ring substituents is 1. The van der Waals surface area contributed by atoms with Crippen molar-refractivity contribution in [3.05, 3.63) is 28.3 Å². The Morgan fingerprint density at radius 2 is 2.20 bits per heavy atom. The predicted molar refractivity (Wildman–Crippen MR) is 72.7 cm³/mol. The molecule has 0 saturated heterocycles. The first-order chi connectivity index (χ1) is 9.35. The summed E-state index contributed by atoms with van der Waals surface area (Å²) in [5.41, 5.74) is -0.419. The smallest absolute Gasteiger partial charge is 0.293 e. The van der Waals surface area contributed by atoms with Crippen LogP contribution in [0, 0.1) is 22.5 Å². The molecule has 0 amide bonds. The molecule has 1 aromatic rings. The normalized spacial score (nSPS) is 12.4. The van der Waals surface area contributed by atoms with Gasteiger partial charge in [-0.3, -0.25) is 10.1 Å². The van der Waals surface area contributed by atoms with E-state index in [-0.39, 0.29) is 10.6 Å². The number of nitro groups is 1. The van der Waals surface area contributed by atoms with E-state index in [0.29, 0.717) is 0 Å². The zero-order valence-corrected chi connectivity index (χ0v) is 11.3. The molecule has 8 nitrogen and oxygen atoms in total. The SMILES string of the molecule is C#C[C@H](CO)Nc1ccc(S(=O)(=O)NC)cc1[N+](=O)[O-]. The molecule has 0 spiro atoms. The topological polar surface area (TPSA) is 122 Å². The molecule has 1 rings (SSSR count). The highest BCUT2D eigenvalue weighted by Gasteiger charge is 2.21. The molecule has 3 N–H and O–H groups in total. The van der Waals surface area contributed by atoms with Crippen LogP contribution in [0.1, 0.15) is 0 Å². The lowest BCUT2D eigenvalue weighted by Crippen LogP contribution is -2.22. The number of hydrogen-bond acceptors (Lipinski definition) is 6. The highest BCUT2D eigenvalue weighted by Crippen LogP contribution is 2.27. The van der Waals surface area contributed by atoms with Gasteiger partial charge in [0.05, 0.1) is 16.4 Å². The van der Waals surface area contributed by atoms with Crippen LogP contribution in [0.5, 0.6) is 0 Å². The summed E-state index contributed by atoms with van der Waals surface area (Å²) in [5.74, 6) is 2.21. The maximum atomic E-state index is 11.6. The first kappa shape index (κ1) is 15.9. The second-order valence-electron chi connectivity index (χ2n) is 3.69. The van der Waals surface area contributed by atoms with Gasteiger partial charge in [-0.25, -0.2) is 13.1 Å². The fourth-order valence-electron chi connectivity index (χ4n) is 1.40. The van der Waals surface area contributed by atoms with Crippen LogP contribution in [-0.4, -0.2) is 38.1 Å². The molecular formula is C11H13N3O5S. The van der Waals surface area contributed by atoms with Gasteiger partial charge in [0.1, 0.15) is 11.7 Å². The summed E-state index contributed by atoms with van der Waals surface area (Å²) < 4.78 is 25.3. The van der Waals surface area contributed by atoms with Crippen LogP contribution in [0.15, 0.2) is 23.1 Å². The number of benzene rings is 1. The van der Waals surface area contributed by atoms with Crippen LogP contribution < -0.4 is 10.0 Å². The van der Waals surface area contributed by atoms with Gasteiger partial charge in [0.2, 0.25) is 10.0 Å². The fraction of sp³-hybridized carbons (Fsp3) is 0.273. The van der Waals surface area contributed by atoms with Gasteiger partial charge in [-0.1, -0.05) is 5.92 Å². The molecule has 0 bridgehead atoms. The first-order valence-electron chi connectivity index (χ1n) is 5.41. The van der Waals surface area contributed by atoms with E-state index in [2.05, 4.69) is 16.0 Å².